The van der Waals surface area contributed by atoms with Gasteiger partial charge in [-0.2, -0.15) is 0 Å². The van der Waals surface area contributed by atoms with Gasteiger partial charge < -0.3 is 19.7 Å². The molecule has 1 heterocycles. The van der Waals surface area contributed by atoms with Gasteiger partial charge in [-0.05, 0) is 31.0 Å². The van der Waals surface area contributed by atoms with E-state index in [1.54, 1.807) is 12.5 Å². The van der Waals surface area contributed by atoms with E-state index < -0.39 is 6.10 Å². The van der Waals surface area contributed by atoms with Crippen LogP contribution in [0, 0.1) is 13.8 Å². The van der Waals surface area contributed by atoms with Crippen molar-refractivity contribution in [1.82, 2.24) is 14.9 Å². The van der Waals surface area contributed by atoms with Crippen molar-refractivity contribution in [2.45, 2.75) is 26.5 Å². The van der Waals surface area contributed by atoms with Crippen LogP contribution in [0.15, 0.2) is 36.9 Å². The Bertz CT molecular complexity index is 540. The van der Waals surface area contributed by atoms with Gasteiger partial charge >= 0.3 is 0 Å². The lowest BCUT2D eigenvalue weighted by atomic mass is 10.1. The van der Waals surface area contributed by atoms with Crippen molar-refractivity contribution in [3.05, 3.63) is 48.0 Å². The average Bonchev–Trinajstić information content (AvgIpc) is 2.98. The molecule has 2 aromatic rings. The Morgan fingerprint density at radius 2 is 2.24 bits per heavy atom. The van der Waals surface area contributed by atoms with Crippen LogP contribution >= 0.6 is 0 Å². The molecule has 2 N–H and O–H groups in total. The van der Waals surface area contributed by atoms with Gasteiger partial charge in [0, 0.05) is 32.0 Å². The molecular weight excluding hydrogens is 266 g/mol. The molecule has 0 aliphatic carbocycles. The number of ether oxygens (including phenoxy) is 1. The second-order valence-corrected chi connectivity index (χ2v) is 5.24. The van der Waals surface area contributed by atoms with E-state index in [9.17, 15) is 5.11 Å². The third kappa shape index (κ3) is 5.21. The minimum atomic E-state index is -0.521. The quantitative estimate of drug-likeness (QED) is 0.724. The number of rotatable bonds is 8. The van der Waals surface area contributed by atoms with E-state index in [1.807, 2.05) is 36.7 Å². The van der Waals surface area contributed by atoms with Crippen molar-refractivity contribution in [3.63, 3.8) is 0 Å². The molecule has 0 aliphatic heterocycles. The summed E-state index contributed by atoms with van der Waals surface area (Å²) in [5.41, 5.74) is 2.24. The number of hydrogen-bond donors (Lipinski definition) is 2. The molecular formula is C16H23N3O2. The average molecular weight is 289 g/mol. The number of aromatic nitrogens is 2. The van der Waals surface area contributed by atoms with Crippen LogP contribution in [0.1, 0.15) is 11.1 Å². The number of aliphatic hydroxyl groups is 1. The molecule has 21 heavy (non-hydrogen) atoms. The number of hydrogen-bond acceptors (Lipinski definition) is 4. The third-order valence-electron chi connectivity index (χ3n) is 3.26. The summed E-state index contributed by atoms with van der Waals surface area (Å²) >= 11 is 0. The molecule has 2 rings (SSSR count). The Balaban J connectivity index is 1.65. The number of imidazole rings is 1. The third-order valence-corrected chi connectivity index (χ3v) is 3.26. The smallest absolute Gasteiger partial charge is 0.122 e. The van der Waals surface area contributed by atoms with Crippen LogP contribution in [0.3, 0.4) is 0 Å². The highest BCUT2D eigenvalue weighted by Crippen LogP contribution is 2.19. The lowest BCUT2D eigenvalue weighted by Gasteiger charge is -2.15. The van der Waals surface area contributed by atoms with Crippen molar-refractivity contribution in [2.75, 3.05) is 19.7 Å². The van der Waals surface area contributed by atoms with Gasteiger partial charge in [0.15, 0.2) is 0 Å². The first-order valence-electron chi connectivity index (χ1n) is 7.19. The second kappa shape index (κ2) is 7.81. The molecule has 0 bridgehead atoms. The largest absolute Gasteiger partial charge is 0.491 e. The number of aliphatic hydroxyl groups excluding tert-OH is 1. The van der Waals surface area contributed by atoms with Crippen molar-refractivity contribution in [3.8, 4) is 5.75 Å². The summed E-state index contributed by atoms with van der Waals surface area (Å²) in [5.74, 6) is 0.840. The molecule has 0 aliphatic rings. The molecule has 1 aromatic carbocycles. The molecule has 1 unspecified atom stereocenters. The maximum Gasteiger partial charge on any atom is 0.122 e. The fourth-order valence-electron chi connectivity index (χ4n) is 2.00. The molecule has 0 saturated heterocycles. The minimum Gasteiger partial charge on any atom is -0.491 e. The number of nitrogens with zero attached hydrogens (tertiary/aromatic N) is 2. The SMILES string of the molecule is Cc1ccc(C)c(OCC(O)CNCCn2ccnc2)c1. The van der Waals surface area contributed by atoms with Gasteiger partial charge in [0.2, 0.25) is 0 Å². The van der Waals surface area contributed by atoms with Gasteiger partial charge in [-0.3, -0.25) is 0 Å². The second-order valence-electron chi connectivity index (χ2n) is 5.24. The van der Waals surface area contributed by atoms with Crippen LogP contribution in [0.5, 0.6) is 5.75 Å². The normalized spacial score (nSPS) is 12.3. The Morgan fingerprint density at radius 1 is 1.38 bits per heavy atom. The zero-order valence-corrected chi connectivity index (χ0v) is 12.6. The molecule has 1 atom stereocenters. The topological polar surface area (TPSA) is 59.3 Å². The highest BCUT2D eigenvalue weighted by atomic mass is 16.5. The van der Waals surface area contributed by atoms with E-state index in [0.29, 0.717) is 13.2 Å². The van der Waals surface area contributed by atoms with Crippen molar-refractivity contribution >= 4 is 0 Å². The highest BCUT2D eigenvalue weighted by Gasteiger charge is 2.06. The van der Waals surface area contributed by atoms with E-state index in [0.717, 1.165) is 30.0 Å². The van der Waals surface area contributed by atoms with Crippen molar-refractivity contribution in [2.24, 2.45) is 0 Å². The Kier molecular flexibility index (Phi) is 5.78. The molecule has 0 spiro atoms. The van der Waals surface area contributed by atoms with Crippen molar-refractivity contribution in [1.29, 1.82) is 0 Å². The lowest BCUT2D eigenvalue weighted by Crippen LogP contribution is -2.33. The molecule has 114 valence electrons. The summed E-state index contributed by atoms with van der Waals surface area (Å²) in [7, 11) is 0. The molecule has 0 saturated carbocycles. The molecule has 1 aromatic heterocycles. The minimum absolute atomic E-state index is 0.294. The van der Waals surface area contributed by atoms with Crippen LogP contribution in [-0.2, 0) is 6.54 Å². The maximum absolute atomic E-state index is 9.92. The summed E-state index contributed by atoms with van der Waals surface area (Å²) in [6.07, 6.45) is 4.93. The number of nitrogens with one attached hydrogen (secondary N) is 1. The van der Waals surface area contributed by atoms with Crippen LogP contribution in [0.25, 0.3) is 0 Å². The molecule has 5 heteroatoms. The van der Waals surface area contributed by atoms with E-state index >= 15 is 0 Å². The standard InChI is InChI=1S/C16H23N3O2/c1-13-3-4-14(2)16(9-13)21-11-15(20)10-17-5-7-19-8-6-18-12-19/h3-4,6,8-9,12,15,17,20H,5,7,10-11H2,1-2H3. The first-order valence-corrected chi connectivity index (χ1v) is 7.19. The first kappa shape index (κ1) is 15.5. The molecule has 0 radical (unpaired) electrons. The Morgan fingerprint density at radius 3 is 3.00 bits per heavy atom. The molecule has 5 nitrogen and oxygen atoms in total. The summed E-state index contributed by atoms with van der Waals surface area (Å²) in [6, 6.07) is 6.07. The fraction of sp³-hybridized carbons (Fsp3) is 0.438. The van der Waals surface area contributed by atoms with Crippen LogP contribution in [-0.4, -0.2) is 40.5 Å². The van der Waals surface area contributed by atoms with E-state index in [1.165, 1.54) is 0 Å². The molecule has 0 amide bonds. The van der Waals surface area contributed by atoms with Crippen molar-refractivity contribution < 1.29 is 9.84 Å². The fourth-order valence-corrected chi connectivity index (χ4v) is 2.00. The Labute approximate surface area is 125 Å². The maximum atomic E-state index is 9.92. The summed E-state index contributed by atoms with van der Waals surface area (Å²) in [4.78, 5) is 3.98. The lowest BCUT2D eigenvalue weighted by molar-refractivity contribution is 0.106. The number of aryl methyl sites for hydroxylation is 2. The van der Waals surface area contributed by atoms with E-state index in [2.05, 4.69) is 16.4 Å². The van der Waals surface area contributed by atoms with Crippen LogP contribution < -0.4 is 10.1 Å². The van der Waals surface area contributed by atoms with Crippen LogP contribution in [0.2, 0.25) is 0 Å². The zero-order valence-electron chi connectivity index (χ0n) is 12.6. The van der Waals surface area contributed by atoms with Gasteiger partial charge in [-0.25, -0.2) is 4.98 Å². The first-order chi connectivity index (χ1) is 10.1. The summed E-state index contributed by atoms with van der Waals surface area (Å²) in [5, 5.41) is 13.1. The van der Waals surface area contributed by atoms with Gasteiger partial charge in [-0.15, -0.1) is 0 Å². The molecule has 0 fully saturated rings. The van der Waals surface area contributed by atoms with E-state index in [4.69, 9.17) is 4.74 Å². The van der Waals surface area contributed by atoms with Gasteiger partial charge in [0.25, 0.3) is 0 Å². The van der Waals surface area contributed by atoms with Gasteiger partial charge in [0.05, 0.1) is 6.33 Å². The number of benzene rings is 1. The highest BCUT2D eigenvalue weighted by molar-refractivity contribution is 5.35. The van der Waals surface area contributed by atoms with E-state index in [-0.39, 0.29) is 0 Å². The summed E-state index contributed by atoms with van der Waals surface area (Å²) in [6.45, 7) is 6.47. The Hall–Kier alpha value is -1.85. The van der Waals surface area contributed by atoms with Gasteiger partial charge in [-0.1, -0.05) is 12.1 Å². The summed E-state index contributed by atoms with van der Waals surface area (Å²) < 4.78 is 7.67. The zero-order chi connectivity index (χ0) is 15.1. The predicted molar refractivity (Wildman–Crippen MR) is 82.5 cm³/mol. The monoisotopic (exact) mass is 289 g/mol. The van der Waals surface area contributed by atoms with Gasteiger partial charge in [0.1, 0.15) is 18.5 Å². The van der Waals surface area contributed by atoms with Crippen LogP contribution in [0.4, 0.5) is 0 Å². The predicted octanol–water partition coefficient (Wildman–Crippen LogP) is 1.53.